The minimum atomic E-state index is -0.203. The molecule has 1 aliphatic rings. The van der Waals surface area contributed by atoms with Crippen LogP contribution in [0.3, 0.4) is 0 Å². The lowest BCUT2D eigenvalue weighted by atomic mass is 10.1. The van der Waals surface area contributed by atoms with E-state index in [4.69, 9.17) is 0 Å². The van der Waals surface area contributed by atoms with E-state index >= 15 is 0 Å². The molecule has 2 rings (SSSR count). The molecule has 0 aliphatic heterocycles. The molecule has 0 radical (unpaired) electrons. The molecule has 2 unspecified atom stereocenters. The molecule has 1 saturated carbocycles. The maximum atomic E-state index is 12.0. The Morgan fingerprint density at radius 1 is 1.25 bits per heavy atom. The van der Waals surface area contributed by atoms with Crippen molar-refractivity contribution in [3.8, 4) is 0 Å². The van der Waals surface area contributed by atoms with E-state index in [9.17, 15) is 9.59 Å². The summed E-state index contributed by atoms with van der Waals surface area (Å²) in [5.41, 5.74) is 2.01. The zero-order valence-electron chi connectivity index (χ0n) is 11.7. The van der Waals surface area contributed by atoms with Crippen molar-refractivity contribution in [3.63, 3.8) is 0 Å². The van der Waals surface area contributed by atoms with Gasteiger partial charge in [-0.1, -0.05) is 25.1 Å². The van der Waals surface area contributed by atoms with Crippen LogP contribution >= 0.6 is 0 Å². The van der Waals surface area contributed by atoms with Crippen molar-refractivity contribution in [2.75, 3.05) is 11.9 Å². The molecule has 2 amide bonds. The summed E-state index contributed by atoms with van der Waals surface area (Å²) in [4.78, 5) is 23.7. The number of carbonyl (C=O) groups excluding carboxylic acids is 2. The standard InChI is InChI=1S/C16H20N2O2/c1-3-9-17-15(19)13-10-14(13)16(20)18-12-7-5-11(4-2)6-8-12/h3,5-8,13-14H,1,4,9-10H2,2H3,(H,17,19)(H,18,20). The maximum absolute atomic E-state index is 12.0. The first-order valence-corrected chi connectivity index (χ1v) is 6.94. The Bertz CT molecular complexity index is 508. The van der Waals surface area contributed by atoms with Crippen molar-refractivity contribution in [1.82, 2.24) is 5.32 Å². The number of nitrogens with one attached hydrogen (secondary N) is 2. The quantitative estimate of drug-likeness (QED) is 0.779. The zero-order valence-corrected chi connectivity index (χ0v) is 11.7. The van der Waals surface area contributed by atoms with Gasteiger partial charge in [0.15, 0.2) is 0 Å². The van der Waals surface area contributed by atoms with Crippen molar-refractivity contribution >= 4 is 17.5 Å². The SMILES string of the molecule is C=CCNC(=O)C1CC1C(=O)Nc1ccc(CC)cc1. The van der Waals surface area contributed by atoms with Gasteiger partial charge in [0, 0.05) is 12.2 Å². The molecule has 106 valence electrons. The van der Waals surface area contributed by atoms with Crippen molar-refractivity contribution < 1.29 is 9.59 Å². The number of carbonyl (C=O) groups is 2. The number of anilines is 1. The van der Waals surface area contributed by atoms with E-state index in [1.54, 1.807) is 6.08 Å². The van der Waals surface area contributed by atoms with Gasteiger partial charge in [0.1, 0.15) is 0 Å². The summed E-state index contributed by atoms with van der Waals surface area (Å²) in [6.45, 7) is 6.08. The van der Waals surface area contributed by atoms with Crippen molar-refractivity contribution in [1.29, 1.82) is 0 Å². The van der Waals surface area contributed by atoms with E-state index in [0.717, 1.165) is 12.1 Å². The van der Waals surface area contributed by atoms with Gasteiger partial charge >= 0.3 is 0 Å². The third kappa shape index (κ3) is 3.47. The van der Waals surface area contributed by atoms with Crippen molar-refractivity contribution in [2.24, 2.45) is 11.8 Å². The highest BCUT2D eigenvalue weighted by molar-refractivity contribution is 5.99. The summed E-state index contributed by atoms with van der Waals surface area (Å²) >= 11 is 0. The van der Waals surface area contributed by atoms with Crippen LogP contribution in [0, 0.1) is 11.8 Å². The second kappa shape index (κ2) is 6.37. The van der Waals surface area contributed by atoms with Gasteiger partial charge in [-0.15, -0.1) is 6.58 Å². The molecule has 2 atom stereocenters. The Morgan fingerprint density at radius 2 is 1.90 bits per heavy atom. The number of hydrogen-bond donors (Lipinski definition) is 2. The van der Waals surface area contributed by atoms with E-state index in [1.807, 2.05) is 24.3 Å². The first-order chi connectivity index (χ1) is 9.65. The van der Waals surface area contributed by atoms with Crippen LogP contribution in [0.15, 0.2) is 36.9 Å². The third-order valence-electron chi connectivity index (χ3n) is 3.51. The Morgan fingerprint density at radius 3 is 2.50 bits per heavy atom. The topological polar surface area (TPSA) is 58.2 Å². The molecule has 0 spiro atoms. The largest absolute Gasteiger partial charge is 0.352 e. The summed E-state index contributed by atoms with van der Waals surface area (Å²) in [6, 6.07) is 7.78. The molecule has 4 heteroatoms. The van der Waals surface area contributed by atoms with Gasteiger partial charge in [-0.25, -0.2) is 0 Å². The summed E-state index contributed by atoms with van der Waals surface area (Å²) in [6.07, 6.45) is 3.23. The number of amides is 2. The average molecular weight is 272 g/mol. The van der Waals surface area contributed by atoms with Gasteiger partial charge in [0.2, 0.25) is 11.8 Å². The molecule has 0 heterocycles. The molecule has 2 N–H and O–H groups in total. The van der Waals surface area contributed by atoms with Crippen LogP contribution in [-0.4, -0.2) is 18.4 Å². The highest BCUT2D eigenvalue weighted by atomic mass is 16.2. The van der Waals surface area contributed by atoms with E-state index in [2.05, 4.69) is 24.1 Å². The molecule has 0 aromatic heterocycles. The lowest BCUT2D eigenvalue weighted by Gasteiger charge is -2.06. The normalized spacial score (nSPS) is 20.1. The van der Waals surface area contributed by atoms with Gasteiger partial charge in [0.25, 0.3) is 0 Å². The van der Waals surface area contributed by atoms with Gasteiger partial charge in [-0.05, 0) is 30.5 Å². The first kappa shape index (κ1) is 14.3. The molecule has 1 fully saturated rings. The fourth-order valence-corrected chi connectivity index (χ4v) is 2.14. The first-order valence-electron chi connectivity index (χ1n) is 6.94. The van der Waals surface area contributed by atoms with Crippen molar-refractivity contribution in [3.05, 3.63) is 42.5 Å². The van der Waals surface area contributed by atoms with Crippen LogP contribution in [0.1, 0.15) is 18.9 Å². The van der Waals surface area contributed by atoms with Gasteiger partial charge in [-0.3, -0.25) is 9.59 Å². The number of hydrogen-bond acceptors (Lipinski definition) is 2. The predicted octanol–water partition coefficient (Wildman–Crippen LogP) is 2.13. The third-order valence-corrected chi connectivity index (χ3v) is 3.51. The Hall–Kier alpha value is -2.10. The second-order valence-electron chi connectivity index (χ2n) is 5.02. The molecular weight excluding hydrogens is 252 g/mol. The number of aryl methyl sites for hydroxylation is 1. The molecule has 1 aliphatic carbocycles. The molecule has 1 aromatic carbocycles. The van der Waals surface area contributed by atoms with E-state index in [1.165, 1.54) is 5.56 Å². The summed E-state index contributed by atoms with van der Waals surface area (Å²) in [5, 5.41) is 5.58. The Labute approximate surface area is 119 Å². The molecule has 0 bridgehead atoms. The van der Waals surface area contributed by atoms with Crippen LogP contribution in [-0.2, 0) is 16.0 Å². The average Bonchev–Trinajstić information content (AvgIpc) is 3.26. The van der Waals surface area contributed by atoms with Crippen LogP contribution < -0.4 is 10.6 Å². The fraction of sp³-hybridized carbons (Fsp3) is 0.375. The minimum absolute atomic E-state index is 0.0635. The summed E-state index contributed by atoms with van der Waals surface area (Å²) in [5.74, 6) is -0.532. The van der Waals surface area contributed by atoms with Crippen LogP contribution in [0.5, 0.6) is 0 Å². The lowest BCUT2D eigenvalue weighted by Crippen LogP contribution is -2.27. The van der Waals surface area contributed by atoms with Gasteiger partial charge in [0.05, 0.1) is 11.8 Å². The van der Waals surface area contributed by atoms with Crippen LogP contribution in [0.4, 0.5) is 5.69 Å². The molecule has 1 aromatic rings. The number of rotatable bonds is 6. The highest BCUT2D eigenvalue weighted by Gasteiger charge is 2.47. The molecule has 4 nitrogen and oxygen atoms in total. The molecule has 0 saturated heterocycles. The number of benzene rings is 1. The second-order valence-corrected chi connectivity index (χ2v) is 5.02. The van der Waals surface area contributed by atoms with Crippen molar-refractivity contribution in [2.45, 2.75) is 19.8 Å². The van der Waals surface area contributed by atoms with E-state index < -0.39 is 0 Å². The lowest BCUT2D eigenvalue weighted by molar-refractivity contribution is -0.125. The van der Waals surface area contributed by atoms with E-state index in [-0.39, 0.29) is 23.7 Å². The maximum Gasteiger partial charge on any atom is 0.228 e. The smallest absolute Gasteiger partial charge is 0.228 e. The highest BCUT2D eigenvalue weighted by Crippen LogP contribution is 2.39. The summed E-state index contributed by atoms with van der Waals surface area (Å²) < 4.78 is 0. The zero-order chi connectivity index (χ0) is 14.5. The van der Waals surface area contributed by atoms with Gasteiger partial charge < -0.3 is 10.6 Å². The Kier molecular flexibility index (Phi) is 4.56. The molecule has 20 heavy (non-hydrogen) atoms. The minimum Gasteiger partial charge on any atom is -0.352 e. The monoisotopic (exact) mass is 272 g/mol. The fourth-order valence-electron chi connectivity index (χ4n) is 2.14. The predicted molar refractivity (Wildman–Crippen MR) is 79.3 cm³/mol. The Balaban J connectivity index is 1.84. The van der Waals surface area contributed by atoms with Crippen LogP contribution in [0.25, 0.3) is 0 Å². The summed E-state index contributed by atoms with van der Waals surface area (Å²) in [7, 11) is 0. The van der Waals surface area contributed by atoms with E-state index in [0.29, 0.717) is 13.0 Å². The molecular formula is C16H20N2O2. The van der Waals surface area contributed by atoms with Crippen LogP contribution in [0.2, 0.25) is 0 Å². The van der Waals surface area contributed by atoms with Gasteiger partial charge in [-0.2, -0.15) is 0 Å².